The third-order valence-corrected chi connectivity index (χ3v) is 3.52. The van der Waals surface area contributed by atoms with E-state index >= 15 is 0 Å². The van der Waals surface area contributed by atoms with E-state index in [0.29, 0.717) is 37.4 Å². The number of hydrogen-bond acceptors (Lipinski definition) is 2. The molecule has 0 saturated heterocycles. The second kappa shape index (κ2) is 9.54. The van der Waals surface area contributed by atoms with Crippen molar-refractivity contribution in [3.8, 4) is 5.75 Å². The van der Waals surface area contributed by atoms with Gasteiger partial charge >= 0.3 is 0 Å². The first kappa shape index (κ1) is 17.7. The highest BCUT2D eigenvalue weighted by Gasteiger charge is 2.10. The van der Waals surface area contributed by atoms with Crippen LogP contribution in [0.3, 0.4) is 0 Å². The maximum absolute atomic E-state index is 14.3. The number of ether oxygens (including phenoxy) is 1. The molecule has 0 atom stereocenters. The van der Waals surface area contributed by atoms with Crippen LogP contribution in [0, 0.1) is 12.7 Å². The standard InChI is InChI=1S/C18H27FO2/c1-4-11-21-17-13-14(3)12-15(18(17)19)9-7-6-8-10-16(20)5-2/h12-13H,4-11H2,1-3H3. The van der Waals surface area contributed by atoms with Crippen molar-refractivity contribution in [3.05, 3.63) is 29.1 Å². The molecule has 0 aromatic heterocycles. The number of halogens is 1. The fourth-order valence-electron chi connectivity index (χ4n) is 2.30. The summed E-state index contributed by atoms with van der Waals surface area (Å²) in [6.45, 7) is 6.40. The van der Waals surface area contributed by atoms with Crippen LogP contribution in [-0.4, -0.2) is 12.4 Å². The average Bonchev–Trinajstić information content (AvgIpc) is 2.48. The molecule has 21 heavy (non-hydrogen) atoms. The predicted molar refractivity (Wildman–Crippen MR) is 84.4 cm³/mol. The Kier molecular flexibility index (Phi) is 8.03. The second-order valence-electron chi connectivity index (χ2n) is 5.54. The molecule has 1 rings (SSSR count). The summed E-state index contributed by atoms with van der Waals surface area (Å²) in [6.07, 6.45) is 5.61. The highest BCUT2D eigenvalue weighted by atomic mass is 19.1. The molecule has 0 unspecified atom stereocenters. The molecule has 1 aromatic rings. The Labute approximate surface area is 127 Å². The second-order valence-corrected chi connectivity index (χ2v) is 5.54. The number of ketones is 1. The fourth-order valence-corrected chi connectivity index (χ4v) is 2.30. The van der Waals surface area contributed by atoms with Crippen molar-refractivity contribution in [2.75, 3.05) is 6.61 Å². The molecule has 0 amide bonds. The van der Waals surface area contributed by atoms with Crippen molar-refractivity contribution in [1.29, 1.82) is 0 Å². The van der Waals surface area contributed by atoms with E-state index in [1.165, 1.54) is 0 Å². The molecule has 0 spiro atoms. The van der Waals surface area contributed by atoms with Crippen LogP contribution in [-0.2, 0) is 11.2 Å². The zero-order valence-electron chi connectivity index (χ0n) is 13.5. The largest absolute Gasteiger partial charge is 0.491 e. The van der Waals surface area contributed by atoms with Gasteiger partial charge in [-0.3, -0.25) is 4.79 Å². The monoisotopic (exact) mass is 294 g/mol. The lowest BCUT2D eigenvalue weighted by molar-refractivity contribution is -0.118. The fraction of sp³-hybridized carbons (Fsp3) is 0.611. The molecular weight excluding hydrogens is 267 g/mol. The number of hydrogen-bond donors (Lipinski definition) is 0. The first-order valence-corrected chi connectivity index (χ1v) is 8.02. The normalized spacial score (nSPS) is 10.7. The Balaban J connectivity index is 2.50. The van der Waals surface area contributed by atoms with Crippen molar-refractivity contribution in [1.82, 2.24) is 0 Å². The Hall–Kier alpha value is -1.38. The van der Waals surface area contributed by atoms with Crippen molar-refractivity contribution in [3.63, 3.8) is 0 Å². The van der Waals surface area contributed by atoms with Crippen LogP contribution in [0.5, 0.6) is 5.75 Å². The number of Topliss-reactive ketones (excluding diaryl/α,β-unsaturated/α-hetero) is 1. The summed E-state index contributed by atoms with van der Waals surface area (Å²) in [5, 5.41) is 0. The van der Waals surface area contributed by atoms with E-state index in [1.807, 2.05) is 26.8 Å². The van der Waals surface area contributed by atoms with Crippen molar-refractivity contribution in [2.45, 2.75) is 65.7 Å². The molecule has 3 heteroatoms. The number of unbranched alkanes of at least 4 members (excludes halogenated alkanes) is 2. The Morgan fingerprint density at radius 3 is 2.62 bits per heavy atom. The summed E-state index contributed by atoms with van der Waals surface area (Å²) in [5.41, 5.74) is 1.75. The lowest BCUT2D eigenvalue weighted by Gasteiger charge is -2.11. The summed E-state index contributed by atoms with van der Waals surface area (Å²) in [4.78, 5) is 11.2. The molecule has 0 radical (unpaired) electrons. The van der Waals surface area contributed by atoms with Crippen LogP contribution in [0.2, 0.25) is 0 Å². The molecule has 0 N–H and O–H groups in total. The molecule has 0 aliphatic carbocycles. The van der Waals surface area contributed by atoms with Crippen LogP contribution in [0.1, 0.15) is 63.5 Å². The van der Waals surface area contributed by atoms with Gasteiger partial charge in [0.25, 0.3) is 0 Å². The van der Waals surface area contributed by atoms with E-state index in [4.69, 9.17) is 4.74 Å². The molecule has 0 heterocycles. The predicted octanol–water partition coefficient (Wildman–Crippen LogP) is 5.00. The minimum atomic E-state index is -0.223. The number of benzene rings is 1. The van der Waals surface area contributed by atoms with Gasteiger partial charge in [-0.2, -0.15) is 0 Å². The number of rotatable bonds is 10. The van der Waals surface area contributed by atoms with Gasteiger partial charge in [0.2, 0.25) is 0 Å². The van der Waals surface area contributed by atoms with Crippen LogP contribution < -0.4 is 4.74 Å². The Morgan fingerprint density at radius 1 is 1.19 bits per heavy atom. The molecule has 0 aliphatic rings. The number of carbonyl (C=O) groups is 1. The van der Waals surface area contributed by atoms with Crippen LogP contribution in [0.25, 0.3) is 0 Å². The first-order valence-electron chi connectivity index (χ1n) is 8.02. The molecule has 2 nitrogen and oxygen atoms in total. The van der Waals surface area contributed by atoms with Crippen LogP contribution in [0.15, 0.2) is 12.1 Å². The zero-order chi connectivity index (χ0) is 15.7. The molecule has 0 fully saturated rings. The van der Waals surface area contributed by atoms with Gasteiger partial charge in [0.1, 0.15) is 5.78 Å². The molecular formula is C18H27FO2. The van der Waals surface area contributed by atoms with Crippen LogP contribution in [0.4, 0.5) is 4.39 Å². The number of carbonyl (C=O) groups excluding carboxylic acids is 1. The molecule has 1 aromatic carbocycles. The van der Waals surface area contributed by atoms with E-state index < -0.39 is 0 Å². The van der Waals surface area contributed by atoms with Gasteiger partial charge in [0.15, 0.2) is 11.6 Å². The SMILES string of the molecule is CCCOc1cc(C)cc(CCCCCC(=O)CC)c1F. The smallest absolute Gasteiger partial charge is 0.168 e. The van der Waals surface area contributed by atoms with Gasteiger partial charge in [-0.05, 0) is 49.8 Å². The number of aryl methyl sites for hydroxylation is 2. The molecule has 118 valence electrons. The van der Waals surface area contributed by atoms with Gasteiger partial charge in [-0.15, -0.1) is 0 Å². The highest BCUT2D eigenvalue weighted by Crippen LogP contribution is 2.24. The lowest BCUT2D eigenvalue weighted by atomic mass is 10.0. The zero-order valence-corrected chi connectivity index (χ0v) is 13.5. The summed E-state index contributed by atoms with van der Waals surface area (Å²) >= 11 is 0. The minimum Gasteiger partial charge on any atom is -0.491 e. The van der Waals surface area contributed by atoms with Gasteiger partial charge in [-0.25, -0.2) is 4.39 Å². The van der Waals surface area contributed by atoms with E-state index in [1.54, 1.807) is 6.07 Å². The lowest BCUT2D eigenvalue weighted by Crippen LogP contribution is -2.02. The van der Waals surface area contributed by atoms with Gasteiger partial charge < -0.3 is 4.74 Å². The quantitative estimate of drug-likeness (QED) is 0.567. The van der Waals surface area contributed by atoms with E-state index in [2.05, 4.69) is 0 Å². The van der Waals surface area contributed by atoms with Gasteiger partial charge in [-0.1, -0.05) is 26.3 Å². The van der Waals surface area contributed by atoms with E-state index in [9.17, 15) is 9.18 Å². The maximum Gasteiger partial charge on any atom is 0.168 e. The first-order chi connectivity index (χ1) is 10.1. The summed E-state index contributed by atoms with van der Waals surface area (Å²) < 4.78 is 19.8. The third-order valence-electron chi connectivity index (χ3n) is 3.52. The Bertz CT molecular complexity index is 455. The Morgan fingerprint density at radius 2 is 1.95 bits per heavy atom. The molecule has 0 aliphatic heterocycles. The molecule has 0 saturated carbocycles. The summed E-state index contributed by atoms with van der Waals surface area (Å²) in [7, 11) is 0. The van der Waals surface area contributed by atoms with Crippen molar-refractivity contribution in [2.24, 2.45) is 0 Å². The maximum atomic E-state index is 14.3. The topological polar surface area (TPSA) is 26.3 Å². The van der Waals surface area contributed by atoms with Gasteiger partial charge in [0.05, 0.1) is 6.61 Å². The van der Waals surface area contributed by atoms with Gasteiger partial charge in [0, 0.05) is 12.8 Å². The summed E-state index contributed by atoms with van der Waals surface area (Å²) in [5.74, 6) is 0.457. The molecule has 0 bridgehead atoms. The summed E-state index contributed by atoms with van der Waals surface area (Å²) in [6, 6.07) is 3.65. The van der Waals surface area contributed by atoms with Crippen molar-refractivity contribution < 1.29 is 13.9 Å². The van der Waals surface area contributed by atoms with Crippen molar-refractivity contribution >= 4 is 5.78 Å². The highest BCUT2D eigenvalue weighted by molar-refractivity contribution is 5.77. The minimum absolute atomic E-state index is 0.223. The van der Waals surface area contributed by atoms with E-state index in [-0.39, 0.29) is 5.82 Å². The third kappa shape index (κ3) is 6.28. The van der Waals surface area contributed by atoms with E-state index in [0.717, 1.165) is 36.8 Å². The van der Waals surface area contributed by atoms with Crippen LogP contribution >= 0.6 is 0 Å². The average molecular weight is 294 g/mol.